The fourth-order valence-corrected chi connectivity index (χ4v) is 4.29. The first-order chi connectivity index (χ1) is 12.4. The molecule has 3 aromatic carbocycles. The lowest BCUT2D eigenvalue weighted by Gasteiger charge is -2.11. The second-order valence-corrected chi connectivity index (χ2v) is 6.97. The van der Waals surface area contributed by atoms with E-state index in [1.807, 2.05) is 36.6 Å². The highest BCUT2D eigenvalue weighted by molar-refractivity contribution is 7.26. The van der Waals surface area contributed by atoms with Crippen LogP contribution in [0.1, 0.15) is 17.3 Å². The van der Waals surface area contributed by atoms with Crippen LogP contribution in [0.2, 0.25) is 0 Å². The summed E-state index contributed by atoms with van der Waals surface area (Å²) in [7, 11) is 1.93. The number of nitrogens with one attached hydrogen (secondary N) is 1. The summed E-state index contributed by atoms with van der Waals surface area (Å²) in [4.78, 5) is 0. The maximum Gasteiger partial charge on any atom is 0.147 e. The first kappa shape index (κ1) is 15.9. The van der Waals surface area contributed by atoms with Crippen LogP contribution in [0, 0.1) is 0 Å². The first-order valence-electron chi connectivity index (χ1n) is 8.35. The summed E-state index contributed by atoms with van der Waals surface area (Å²) in [6.45, 7) is 0.599. The van der Waals surface area contributed by atoms with Crippen molar-refractivity contribution >= 4 is 31.5 Å². The molecule has 4 heteroatoms. The van der Waals surface area contributed by atoms with E-state index in [9.17, 15) is 0 Å². The molecule has 4 aromatic rings. The van der Waals surface area contributed by atoms with Crippen molar-refractivity contribution in [2.24, 2.45) is 10.2 Å². The third-order valence-corrected chi connectivity index (χ3v) is 5.53. The van der Waals surface area contributed by atoms with Gasteiger partial charge in [-0.2, -0.15) is 10.2 Å². The Morgan fingerprint density at radius 1 is 0.880 bits per heavy atom. The number of nitrogens with zero attached hydrogens (tertiary/aromatic N) is 2. The number of hydrogen-bond acceptors (Lipinski definition) is 4. The van der Waals surface area contributed by atoms with Gasteiger partial charge in [-0.1, -0.05) is 66.7 Å². The Labute approximate surface area is 151 Å². The number of azo groups is 1. The molecule has 0 spiro atoms. The number of thiophene rings is 1. The summed E-state index contributed by atoms with van der Waals surface area (Å²) >= 11 is 1.82. The predicted octanol–water partition coefficient (Wildman–Crippen LogP) is 5.92. The molecule has 0 saturated carbocycles. The van der Waals surface area contributed by atoms with Crippen LogP contribution in [0.5, 0.6) is 0 Å². The van der Waals surface area contributed by atoms with Crippen molar-refractivity contribution in [3.05, 3.63) is 83.9 Å². The third-order valence-electron chi connectivity index (χ3n) is 4.30. The average molecular weight is 345 g/mol. The van der Waals surface area contributed by atoms with Gasteiger partial charge in [-0.05, 0) is 18.7 Å². The van der Waals surface area contributed by atoms with Gasteiger partial charge in [0.05, 0.1) is 6.54 Å². The van der Waals surface area contributed by atoms with Gasteiger partial charge < -0.3 is 0 Å². The van der Waals surface area contributed by atoms with Gasteiger partial charge in [0, 0.05) is 25.7 Å². The highest BCUT2D eigenvalue weighted by Crippen LogP contribution is 2.37. The fraction of sp³-hybridized carbons (Fsp3) is 0.143. The van der Waals surface area contributed by atoms with Gasteiger partial charge in [-0.3, -0.25) is 5.32 Å². The van der Waals surface area contributed by atoms with Crippen LogP contribution in [0.3, 0.4) is 0 Å². The Balaban J connectivity index is 1.69. The van der Waals surface area contributed by atoms with Crippen LogP contribution >= 0.6 is 11.3 Å². The molecule has 1 N–H and O–H groups in total. The molecule has 0 radical (unpaired) electrons. The summed E-state index contributed by atoms with van der Waals surface area (Å²) < 4.78 is 2.59. The molecule has 0 amide bonds. The number of fused-ring (bicyclic) bond motifs is 3. The van der Waals surface area contributed by atoms with Crippen LogP contribution in [-0.4, -0.2) is 7.05 Å². The SMILES string of the molecule is CNC(N=NCc1ccccc1)c1cccc2c1sc1ccccc12. The quantitative estimate of drug-likeness (QED) is 0.447. The van der Waals surface area contributed by atoms with Crippen LogP contribution in [-0.2, 0) is 6.54 Å². The highest BCUT2D eigenvalue weighted by Gasteiger charge is 2.14. The maximum atomic E-state index is 4.55. The Kier molecular flexibility index (Phi) is 4.55. The number of rotatable bonds is 5. The van der Waals surface area contributed by atoms with Gasteiger partial charge >= 0.3 is 0 Å². The fourth-order valence-electron chi connectivity index (χ4n) is 3.05. The second kappa shape index (κ2) is 7.13. The van der Waals surface area contributed by atoms with Gasteiger partial charge in [-0.15, -0.1) is 11.3 Å². The molecule has 0 aliphatic carbocycles. The smallest absolute Gasteiger partial charge is 0.147 e. The Morgan fingerprint density at radius 2 is 1.64 bits per heavy atom. The summed E-state index contributed by atoms with van der Waals surface area (Å²) in [5, 5.41) is 14.8. The van der Waals surface area contributed by atoms with Gasteiger partial charge in [0.15, 0.2) is 0 Å². The lowest BCUT2D eigenvalue weighted by molar-refractivity contribution is 0.585. The summed E-state index contributed by atoms with van der Waals surface area (Å²) in [6, 6.07) is 25.2. The number of benzene rings is 3. The van der Waals surface area contributed by atoms with Gasteiger partial charge in [0.1, 0.15) is 6.17 Å². The van der Waals surface area contributed by atoms with Crippen molar-refractivity contribution in [1.29, 1.82) is 0 Å². The minimum absolute atomic E-state index is 0.138. The van der Waals surface area contributed by atoms with E-state index in [1.165, 1.54) is 31.3 Å². The normalized spacial score (nSPS) is 13.0. The van der Waals surface area contributed by atoms with E-state index in [2.05, 4.69) is 70.1 Å². The molecule has 0 aliphatic heterocycles. The zero-order valence-corrected chi connectivity index (χ0v) is 14.8. The first-order valence-corrected chi connectivity index (χ1v) is 9.16. The molecule has 0 fully saturated rings. The summed E-state index contributed by atoms with van der Waals surface area (Å²) in [5.74, 6) is 0. The van der Waals surface area contributed by atoms with Gasteiger partial charge in [0.25, 0.3) is 0 Å². The van der Waals surface area contributed by atoms with Crippen molar-refractivity contribution in [1.82, 2.24) is 5.32 Å². The third kappa shape index (κ3) is 3.18. The van der Waals surface area contributed by atoms with Crippen LogP contribution < -0.4 is 5.32 Å². The molecule has 3 nitrogen and oxygen atoms in total. The molecule has 1 atom stereocenters. The zero-order chi connectivity index (χ0) is 17.1. The van der Waals surface area contributed by atoms with Crippen molar-refractivity contribution in [2.75, 3.05) is 7.05 Å². The molecule has 0 bridgehead atoms. The van der Waals surface area contributed by atoms with Crippen molar-refractivity contribution in [3.63, 3.8) is 0 Å². The van der Waals surface area contributed by atoms with Crippen LogP contribution in [0.25, 0.3) is 20.2 Å². The average Bonchev–Trinajstić information content (AvgIpc) is 3.05. The molecule has 25 heavy (non-hydrogen) atoms. The Morgan fingerprint density at radius 3 is 2.48 bits per heavy atom. The van der Waals surface area contributed by atoms with Crippen molar-refractivity contribution < 1.29 is 0 Å². The van der Waals surface area contributed by atoms with E-state index in [4.69, 9.17) is 0 Å². The molecule has 0 saturated heterocycles. The molecular formula is C21H19N3S. The minimum atomic E-state index is -0.138. The van der Waals surface area contributed by atoms with Crippen molar-refractivity contribution in [3.8, 4) is 0 Å². The molecule has 1 heterocycles. The lowest BCUT2D eigenvalue weighted by atomic mass is 10.1. The van der Waals surface area contributed by atoms with E-state index in [1.54, 1.807) is 0 Å². The van der Waals surface area contributed by atoms with E-state index in [0.29, 0.717) is 6.54 Å². The highest BCUT2D eigenvalue weighted by atomic mass is 32.1. The monoisotopic (exact) mass is 345 g/mol. The summed E-state index contributed by atoms with van der Waals surface area (Å²) in [5.41, 5.74) is 2.35. The molecule has 1 unspecified atom stereocenters. The van der Waals surface area contributed by atoms with Crippen molar-refractivity contribution in [2.45, 2.75) is 12.7 Å². The van der Waals surface area contributed by atoms with Crippen LogP contribution in [0.15, 0.2) is 83.0 Å². The molecule has 4 rings (SSSR count). The van der Waals surface area contributed by atoms with E-state index >= 15 is 0 Å². The van der Waals surface area contributed by atoms with E-state index < -0.39 is 0 Å². The molecule has 0 aliphatic rings. The number of hydrogen-bond donors (Lipinski definition) is 1. The summed E-state index contributed by atoms with van der Waals surface area (Å²) in [6.07, 6.45) is -0.138. The zero-order valence-electron chi connectivity index (χ0n) is 14.0. The standard InChI is InChI=1S/C21H19N3S/c1-22-21(24-23-14-15-8-3-2-4-9-15)18-12-7-11-17-16-10-5-6-13-19(16)25-20(17)18/h2-13,21-22H,14H2,1H3. The predicted molar refractivity (Wildman–Crippen MR) is 106 cm³/mol. The Bertz CT molecular complexity index is 1020. The van der Waals surface area contributed by atoms with E-state index in [0.717, 1.165) is 0 Å². The largest absolute Gasteiger partial charge is 0.293 e. The molecule has 124 valence electrons. The topological polar surface area (TPSA) is 36.8 Å². The van der Waals surface area contributed by atoms with Gasteiger partial charge in [-0.25, -0.2) is 0 Å². The Hall–Kier alpha value is -2.56. The second-order valence-electron chi connectivity index (χ2n) is 5.91. The molecular weight excluding hydrogens is 326 g/mol. The van der Waals surface area contributed by atoms with Gasteiger partial charge in [0.2, 0.25) is 0 Å². The van der Waals surface area contributed by atoms with E-state index in [-0.39, 0.29) is 6.17 Å². The van der Waals surface area contributed by atoms with Crippen LogP contribution in [0.4, 0.5) is 0 Å². The maximum absolute atomic E-state index is 4.55. The molecule has 1 aromatic heterocycles. The lowest BCUT2D eigenvalue weighted by Crippen LogP contribution is -2.13. The minimum Gasteiger partial charge on any atom is -0.293 e.